The van der Waals surface area contributed by atoms with Crippen molar-refractivity contribution >= 4 is 23.7 Å². The zero-order valence-electron chi connectivity index (χ0n) is 8.53. The second kappa shape index (κ2) is 5.15. The number of aryl methyl sites for hydroxylation is 1. The summed E-state index contributed by atoms with van der Waals surface area (Å²) in [5, 5.41) is 0. The third-order valence-electron chi connectivity index (χ3n) is 2.68. The van der Waals surface area contributed by atoms with Gasteiger partial charge in [-0.15, -0.1) is 23.7 Å². The second-order valence-electron chi connectivity index (χ2n) is 3.94. The highest BCUT2D eigenvalue weighted by molar-refractivity contribution is 7.12. The number of nitrogens with two attached hydrogens (primary N) is 1. The smallest absolute Gasteiger partial charge is 0.0392 e. The van der Waals surface area contributed by atoms with Gasteiger partial charge in [0, 0.05) is 15.8 Å². The molecule has 14 heavy (non-hydrogen) atoms. The molecule has 1 aliphatic rings. The van der Waals surface area contributed by atoms with Crippen molar-refractivity contribution in [1.82, 2.24) is 0 Å². The quantitative estimate of drug-likeness (QED) is 0.843. The number of halogens is 1. The van der Waals surface area contributed by atoms with Gasteiger partial charge in [-0.1, -0.05) is 19.8 Å². The predicted molar refractivity (Wildman–Crippen MR) is 65.2 cm³/mol. The fourth-order valence-electron chi connectivity index (χ4n) is 1.61. The van der Waals surface area contributed by atoms with Crippen molar-refractivity contribution in [3.63, 3.8) is 0 Å². The van der Waals surface area contributed by atoms with E-state index >= 15 is 0 Å². The molecule has 1 aliphatic carbocycles. The van der Waals surface area contributed by atoms with E-state index in [1.165, 1.54) is 29.0 Å². The number of thiophene rings is 1. The highest BCUT2D eigenvalue weighted by Gasteiger charge is 2.24. The molecule has 1 atom stereocenters. The molecule has 1 fully saturated rings. The van der Waals surface area contributed by atoms with E-state index in [-0.39, 0.29) is 12.4 Å². The standard InChI is InChI=1S/C11H17NS.ClH/c1-2-9-5-6-11(13-9)10(12)7-8-3-4-8;/h5-6,8,10H,2-4,7,12H2,1H3;1H/t10-;/m1./s1. The molecule has 0 bridgehead atoms. The summed E-state index contributed by atoms with van der Waals surface area (Å²) in [4.78, 5) is 2.84. The zero-order valence-corrected chi connectivity index (χ0v) is 10.2. The average Bonchev–Trinajstić information content (AvgIpc) is 2.82. The van der Waals surface area contributed by atoms with Gasteiger partial charge >= 0.3 is 0 Å². The maximum Gasteiger partial charge on any atom is 0.0392 e. The van der Waals surface area contributed by atoms with Gasteiger partial charge in [-0.05, 0) is 30.9 Å². The van der Waals surface area contributed by atoms with Crippen LogP contribution >= 0.6 is 23.7 Å². The topological polar surface area (TPSA) is 26.0 Å². The van der Waals surface area contributed by atoms with E-state index in [2.05, 4.69) is 19.1 Å². The van der Waals surface area contributed by atoms with E-state index in [0.29, 0.717) is 6.04 Å². The molecule has 0 unspecified atom stereocenters. The Morgan fingerprint density at radius 1 is 1.50 bits per heavy atom. The molecule has 1 aromatic rings. The van der Waals surface area contributed by atoms with Crippen LogP contribution in [0.15, 0.2) is 12.1 Å². The average molecular weight is 232 g/mol. The van der Waals surface area contributed by atoms with Gasteiger partial charge in [0.25, 0.3) is 0 Å². The number of hydrogen-bond acceptors (Lipinski definition) is 2. The molecule has 0 radical (unpaired) electrons. The first-order valence-corrected chi connectivity index (χ1v) is 5.95. The third-order valence-corrected chi connectivity index (χ3v) is 4.04. The maximum atomic E-state index is 6.11. The van der Waals surface area contributed by atoms with Gasteiger partial charge in [0.1, 0.15) is 0 Å². The predicted octanol–water partition coefficient (Wildman–Crippen LogP) is 3.53. The first kappa shape index (κ1) is 12.0. The van der Waals surface area contributed by atoms with E-state index in [1.807, 2.05) is 11.3 Å². The summed E-state index contributed by atoms with van der Waals surface area (Å²) in [6.45, 7) is 2.20. The lowest BCUT2D eigenvalue weighted by molar-refractivity contribution is 0.605. The molecule has 3 heteroatoms. The molecule has 0 amide bonds. The Labute approximate surface area is 96.1 Å². The van der Waals surface area contributed by atoms with Gasteiger partial charge in [0.05, 0.1) is 0 Å². The normalized spacial score (nSPS) is 17.6. The summed E-state index contributed by atoms with van der Waals surface area (Å²) in [6.07, 6.45) is 5.14. The van der Waals surface area contributed by atoms with Gasteiger partial charge in [-0.25, -0.2) is 0 Å². The Morgan fingerprint density at radius 2 is 2.21 bits per heavy atom. The maximum absolute atomic E-state index is 6.11. The van der Waals surface area contributed by atoms with Crippen molar-refractivity contribution in [2.45, 2.75) is 38.6 Å². The van der Waals surface area contributed by atoms with Crippen LogP contribution < -0.4 is 5.73 Å². The summed E-state index contributed by atoms with van der Waals surface area (Å²) in [7, 11) is 0. The zero-order chi connectivity index (χ0) is 9.26. The molecule has 2 N–H and O–H groups in total. The first-order valence-electron chi connectivity index (χ1n) is 5.13. The lowest BCUT2D eigenvalue weighted by Gasteiger charge is -2.07. The minimum Gasteiger partial charge on any atom is -0.323 e. The lowest BCUT2D eigenvalue weighted by atomic mass is 10.1. The van der Waals surface area contributed by atoms with Crippen LogP contribution in [-0.4, -0.2) is 0 Å². The minimum atomic E-state index is 0. The van der Waals surface area contributed by atoms with Crippen molar-refractivity contribution in [2.24, 2.45) is 11.7 Å². The minimum absolute atomic E-state index is 0. The van der Waals surface area contributed by atoms with Crippen molar-refractivity contribution in [1.29, 1.82) is 0 Å². The van der Waals surface area contributed by atoms with Gasteiger partial charge < -0.3 is 5.73 Å². The van der Waals surface area contributed by atoms with Gasteiger partial charge in [0.15, 0.2) is 0 Å². The third kappa shape index (κ3) is 2.97. The molecule has 2 rings (SSSR count). The van der Waals surface area contributed by atoms with Crippen LogP contribution in [0.25, 0.3) is 0 Å². The Hall–Kier alpha value is -0.0500. The number of hydrogen-bond donors (Lipinski definition) is 1. The van der Waals surface area contributed by atoms with Crippen LogP contribution in [0.3, 0.4) is 0 Å². The van der Waals surface area contributed by atoms with Crippen molar-refractivity contribution in [2.75, 3.05) is 0 Å². The van der Waals surface area contributed by atoms with Crippen LogP contribution in [-0.2, 0) is 6.42 Å². The molecular formula is C11H18ClNS. The Balaban J connectivity index is 0.000000980. The van der Waals surface area contributed by atoms with E-state index in [9.17, 15) is 0 Å². The summed E-state index contributed by atoms with van der Waals surface area (Å²) < 4.78 is 0. The van der Waals surface area contributed by atoms with E-state index in [4.69, 9.17) is 5.73 Å². The first-order chi connectivity index (χ1) is 6.29. The van der Waals surface area contributed by atoms with Crippen molar-refractivity contribution in [3.8, 4) is 0 Å². The molecule has 0 spiro atoms. The molecule has 1 nitrogen and oxygen atoms in total. The number of rotatable bonds is 4. The van der Waals surface area contributed by atoms with Gasteiger partial charge in [-0.3, -0.25) is 0 Å². The molecule has 80 valence electrons. The molecule has 0 aromatic carbocycles. The van der Waals surface area contributed by atoms with Crippen molar-refractivity contribution in [3.05, 3.63) is 21.9 Å². The molecule has 0 saturated heterocycles. The van der Waals surface area contributed by atoms with Crippen LogP contribution in [0.2, 0.25) is 0 Å². The summed E-state index contributed by atoms with van der Waals surface area (Å²) in [5.74, 6) is 0.933. The largest absolute Gasteiger partial charge is 0.323 e. The summed E-state index contributed by atoms with van der Waals surface area (Å²) >= 11 is 1.89. The Bertz CT molecular complexity index is 281. The van der Waals surface area contributed by atoms with Gasteiger partial charge in [-0.2, -0.15) is 0 Å². The van der Waals surface area contributed by atoms with Gasteiger partial charge in [0.2, 0.25) is 0 Å². The SMILES string of the molecule is CCc1ccc([C@H](N)CC2CC2)s1.Cl. The van der Waals surface area contributed by atoms with Crippen LogP contribution in [0.1, 0.15) is 42.0 Å². The molecule has 1 saturated carbocycles. The highest BCUT2D eigenvalue weighted by atomic mass is 35.5. The second-order valence-corrected chi connectivity index (χ2v) is 5.14. The molecule has 0 aliphatic heterocycles. The fourth-order valence-corrected chi connectivity index (χ4v) is 2.58. The molecular weight excluding hydrogens is 214 g/mol. The summed E-state index contributed by atoms with van der Waals surface area (Å²) in [6, 6.07) is 4.72. The molecule has 1 aromatic heterocycles. The lowest BCUT2D eigenvalue weighted by Crippen LogP contribution is -2.08. The van der Waals surface area contributed by atoms with E-state index < -0.39 is 0 Å². The Kier molecular flexibility index (Phi) is 4.42. The van der Waals surface area contributed by atoms with E-state index in [0.717, 1.165) is 12.3 Å². The van der Waals surface area contributed by atoms with Crippen molar-refractivity contribution < 1.29 is 0 Å². The highest BCUT2D eigenvalue weighted by Crippen LogP contribution is 2.38. The monoisotopic (exact) mass is 231 g/mol. The Morgan fingerprint density at radius 3 is 2.71 bits per heavy atom. The van der Waals surface area contributed by atoms with E-state index in [1.54, 1.807) is 0 Å². The molecule has 1 heterocycles. The summed E-state index contributed by atoms with van der Waals surface area (Å²) in [5.41, 5.74) is 6.11. The van der Waals surface area contributed by atoms with Crippen LogP contribution in [0, 0.1) is 5.92 Å². The van der Waals surface area contributed by atoms with Crippen LogP contribution in [0.4, 0.5) is 0 Å². The van der Waals surface area contributed by atoms with Crippen LogP contribution in [0.5, 0.6) is 0 Å². The fraction of sp³-hybridized carbons (Fsp3) is 0.636.